The third-order valence-electron chi connectivity index (χ3n) is 9.04. The molecule has 0 radical (unpaired) electrons. The average Bonchev–Trinajstić information content (AvgIpc) is 3.36. The number of para-hydroxylation sites is 2. The van der Waals surface area contributed by atoms with Crippen LogP contribution in [0.5, 0.6) is 0 Å². The predicted molar refractivity (Wildman–Crippen MR) is 129 cm³/mol. The highest BCUT2D eigenvalue weighted by atomic mass is 16.2. The summed E-state index contributed by atoms with van der Waals surface area (Å²) in [6.07, 6.45) is 2.39. The van der Waals surface area contributed by atoms with Crippen molar-refractivity contribution in [1.29, 1.82) is 0 Å². The van der Waals surface area contributed by atoms with Crippen LogP contribution in [0.25, 0.3) is 0 Å². The Morgan fingerprint density at radius 1 is 0.583 bits per heavy atom. The number of anilines is 2. The van der Waals surface area contributed by atoms with Gasteiger partial charge in [0.05, 0.1) is 35.0 Å². The Kier molecular flexibility index (Phi) is 4.36. The van der Waals surface area contributed by atoms with Crippen LogP contribution in [0.15, 0.2) is 72.3 Å². The number of nitrogens with zero attached hydrogens (tertiary/aromatic N) is 2. The van der Waals surface area contributed by atoms with Crippen LogP contribution in [0.2, 0.25) is 0 Å². The summed E-state index contributed by atoms with van der Waals surface area (Å²) in [5, 5.41) is 0. The topological polar surface area (TPSA) is 91.8 Å². The number of hydrogen-bond donors (Lipinski definition) is 0. The van der Waals surface area contributed by atoms with Gasteiger partial charge in [0.1, 0.15) is 5.78 Å². The van der Waals surface area contributed by atoms with E-state index in [9.17, 15) is 24.0 Å². The lowest BCUT2D eigenvalue weighted by molar-refractivity contribution is -0.136. The Bertz CT molecular complexity index is 1380. The molecule has 7 nitrogen and oxygen atoms in total. The van der Waals surface area contributed by atoms with E-state index in [2.05, 4.69) is 0 Å². The van der Waals surface area contributed by atoms with E-state index < -0.39 is 41.4 Å². The zero-order valence-electron chi connectivity index (χ0n) is 19.6. The van der Waals surface area contributed by atoms with Gasteiger partial charge in [-0.15, -0.1) is 0 Å². The smallest absolute Gasteiger partial charge is 0.238 e. The second-order valence-electron chi connectivity index (χ2n) is 10.7. The molecule has 8 atom stereocenters. The SMILES string of the molecule is CC1C=C2CC3C(=O)[C@H](C4C(=O)N(c5ccccc5)C(=O)C34)C2C2C(=O)N(c3ccccc3)C(=O)C12. The van der Waals surface area contributed by atoms with Crippen LogP contribution in [0, 0.1) is 47.3 Å². The second-order valence-corrected chi connectivity index (χ2v) is 10.7. The van der Waals surface area contributed by atoms with Gasteiger partial charge in [0.2, 0.25) is 23.6 Å². The first-order chi connectivity index (χ1) is 17.4. The van der Waals surface area contributed by atoms with Crippen molar-refractivity contribution in [2.75, 3.05) is 9.80 Å². The molecular weight excluding hydrogens is 456 g/mol. The molecule has 7 heteroatoms. The summed E-state index contributed by atoms with van der Waals surface area (Å²) in [6.45, 7) is 1.94. The molecule has 2 aromatic carbocycles. The fourth-order valence-corrected chi connectivity index (χ4v) is 7.74. The summed E-state index contributed by atoms with van der Waals surface area (Å²) < 4.78 is 0. The molecule has 180 valence electrons. The summed E-state index contributed by atoms with van der Waals surface area (Å²) in [5.74, 6) is -6.24. The summed E-state index contributed by atoms with van der Waals surface area (Å²) >= 11 is 0. The zero-order valence-corrected chi connectivity index (χ0v) is 19.6. The van der Waals surface area contributed by atoms with Crippen molar-refractivity contribution in [2.24, 2.45) is 47.3 Å². The molecule has 2 aromatic rings. The molecule has 2 saturated carbocycles. The molecule has 7 rings (SSSR count). The normalized spacial score (nSPS) is 36.7. The number of amides is 4. The van der Waals surface area contributed by atoms with E-state index in [0.29, 0.717) is 17.8 Å². The average molecular weight is 481 g/mol. The number of carbonyl (C=O) groups is 5. The number of hydrogen-bond acceptors (Lipinski definition) is 5. The minimum atomic E-state index is -0.797. The predicted octanol–water partition coefficient (Wildman–Crippen LogP) is 3.01. The number of fused-ring (bicyclic) bond motifs is 9. The van der Waals surface area contributed by atoms with E-state index in [1.807, 2.05) is 25.1 Å². The van der Waals surface area contributed by atoms with Crippen molar-refractivity contribution in [3.63, 3.8) is 0 Å². The molecule has 4 amide bonds. The quantitative estimate of drug-likeness (QED) is 0.487. The van der Waals surface area contributed by atoms with E-state index in [-0.39, 0.29) is 35.3 Å². The lowest BCUT2D eigenvalue weighted by Crippen LogP contribution is -2.47. The van der Waals surface area contributed by atoms with Crippen LogP contribution in [0.1, 0.15) is 13.3 Å². The lowest BCUT2D eigenvalue weighted by Gasteiger charge is -2.41. The summed E-state index contributed by atoms with van der Waals surface area (Å²) in [6, 6.07) is 17.6. The lowest BCUT2D eigenvalue weighted by atomic mass is 9.59. The van der Waals surface area contributed by atoms with Gasteiger partial charge < -0.3 is 0 Å². The van der Waals surface area contributed by atoms with Gasteiger partial charge in [-0.1, -0.05) is 55.0 Å². The minimum Gasteiger partial charge on any atom is -0.299 e. The van der Waals surface area contributed by atoms with Crippen molar-refractivity contribution in [3.05, 3.63) is 72.3 Å². The van der Waals surface area contributed by atoms with Crippen LogP contribution in [0.3, 0.4) is 0 Å². The molecule has 7 unspecified atom stereocenters. The van der Waals surface area contributed by atoms with E-state index in [1.54, 1.807) is 48.5 Å². The van der Waals surface area contributed by atoms with Crippen molar-refractivity contribution in [1.82, 2.24) is 0 Å². The highest BCUT2D eigenvalue weighted by molar-refractivity contribution is 6.26. The number of Topliss-reactive ketones (excluding diaryl/α,β-unsaturated/α-hetero) is 1. The van der Waals surface area contributed by atoms with Crippen molar-refractivity contribution in [2.45, 2.75) is 13.3 Å². The van der Waals surface area contributed by atoms with E-state index in [0.717, 1.165) is 5.57 Å². The van der Waals surface area contributed by atoms with Gasteiger partial charge >= 0.3 is 0 Å². The molecule has 2 heterocycles. The van der Waals surface area contributed by atoms with Gasteiger partial charge in [0.15, 0.2) is 0 Å². The molecular formula is C29H24N2O5. The van der Waals surface area contributed by atoms with Crippen LogP contribution >= 0.6 is 0 Å². The monoisotopic (exact) mass is 480 g/mol. The van der Waals surface area contributed by atoms with Crippen LogP contribution in [-0.4, -0.2) is 29.4 Å². The Balaban J connectivity index is 1.32. The number of benzene rings is 2. The number of allylic oxidation sites excluding steroid dienone is 2. The van der Waals surface area contributed by atoms with E-state index in [1.165, 1.54) is 9.80 Å². The first kappa shape index (κ1) is 21.4. The first-order valence-electron chi connectivity index (χ1n) is 12.5. The van der Waals surface area contributed by atoms with Crippen LogP contribution in [-0.2, 0) is 24.0 Å². The fourth-order valence-electron chi connectivity index (χ4n) is 7.74. The van der Waals surface area contributed by atoms with Crippen molar-refractivity contribution in [3.8, 4) is 0 Å². The summed E-state index contributed by atoms with van der Waals surface area (Å²) in [5.41, 5.74) is 1.97. The number of carbonyl (C=O) groups excluding carboxylic acids is 5. The van der Waals surface area contributed by atoms with Crippen LogP contribution < -0.4 is 9.80 Å². The maximum absolute atomic E-state index is 13.9. The van der Waals surface area contributed by atoms with Crippen molar-refractivity contribution < 1.29 is 24.0 Å². The molecule has 0 N–H and O–H groups in total. The van der Waals surface area contributed by atoms with Gasteiger partial charge in [-0.2, -0.15) is 0 Å². The number of rotatable bonds is 2. The molecule has 36 heavy (non-hydrogen) atoms. The highest BCUT2D eigenvalue weighted by Crippen LogP contribution is 2.61. The Hall–Kier alpha value is -3.87. The van der Waals surface area contributed by atoms with Crippen molar-refractivity contribution >= 4 is 40.8 Å². The standard InChI is InChI=1S/C29H24N2O5/c1-14-12-15-13-18-21-24(29(36)31(27(21)34)17-10-6-3-7-11-17)22(25(18)32)20(15)23-19(14)26(33)30(28(23)35)16-8-4-2-5-9-16/h2-12,14,18-24H,13H2,1H3/t14?,18?,19?,20?,21?,22-,23?,24?/m0/s1. The second kappa shape index (κ2) is 7.32. The van der Waals surface area contributed by atoms with E-state index >= 15 is 0 Å². The number of imide groups is 2. The third kappa shape index (κ3) is 2.55. The highest BCUT2D eigenvalue weighted by Gasteiger charge is 2.70. The minimum absolute atomic E-state index is 0.103. The third-order valence-corrected chi connectivity index (χ3v) is 9.04. The fraction of sp³-hybridized carbons (Fsp3) is 0.345. The van der Waals surface area contributed by atoms with Gasteiger partial charge in [-0.25, -0.2) is 0 Å². The van der Waals surface area contributed by atoms with E-state index in [4.69, 9.17) is 0 Å². The summed E-state index contributed by atoms with van der Waals surface area (Å²) in [7, 11) is 0. The molecule has 0 spiro atoms. The van der Waals surface area contributed by atoms with Gasteiger partial charge in [0, 0.05) is 17.8 Å². The maximum atomic E-state index is 13.9. The molecule has 2 saturated heterocycles. The molecule has 2 bridgehead atoms. The summed E-state index contributed by atoms with van der Waals surface area (Å²) in [4.78, 5) is 70.8. The zero-order chi connectivity index (χ0) is 24.9. The first-order valence-corrected chi connectivity index (χ1v) is 12.5. The van der Waals surface area contributed by atoms with Gasteiger partial charge in [0.25, 0.3) is 0 Å². The largest absolute Gasteiger partial charge is 0.299 e. The number of ketones is 1. The molecule has 3 aliphatic carbocycles. The van der Waals surface area contributed by atoms with Gasteiger partial charge in [-0.05, 0) is 36.6 Å². The van der Waals surface area contributed by atoms with Gasteiger partial charge in [-0.3, -0.25) is 33.8 Å². The molecule has 0 aromatic heterocycles. The maximum Gasteiger partial charge on any atom is 0.238 e. The Morgan fingerprint density at radius 2 is 1.06 bits per heavy atom. The molecule has 4 fully saturated rings. The molecule has 5 aliphatic rings. The Labute approximate surface area is 207 Å². The molecule has 2 aliphatic heterocycles. The van der Waals surface area contributed by atoms with Crippen LogP contribution in [0.4, 0.5) is 11.4 Å². The Morgan fingerprint density at radius 3 is 1.61 bits per heavy atom.